The van der Waals surface area contributed by atoms with Crippen LogP contribution in [0.3, 0.4) is 0 Å². The molecule has 0 aromatic heterocycles. The average Bonchev–Trinajstić information content (AvgIpc) is 3.30. The number of aliphatic hydroxyl groups is 2. The number of anilines is 1. The van der Waals surface area contributed by atoms with Gasteiger partial charge in [-0.05, 0) is 92.9 Å². The molecule has 3 N–H and O–H groups in total. The molecule has 2 heterocycles. The van der Waals surface area contributed by atoms with E-state index in [4.69, 9.17) is 18.9 Å². The van der Waals surface area contributed by atoms with Crippen LogP contribution in [0, 0.1) is 22.7 Å². The number of hydrogen-bond acceptors (Lipinski definition) is 7. The van der Waals surface area contributed by atoms with Crippen LogP contribution in [0.4, 0.5) is 5.69 Å². The maximum absolute atomic E-state index is 12.5. The average molecular weight is 622 g/mol. The van der Waals surface area contributed by atoms with Crippen LogP contribution in [0.5, 0.6) is 0 Å². The third-order valence-corrected chi connectivity index (χ3v) is 12.6. The molecule has 2 aliphatic heterocycles. The lowest BCUT2D eigenvalue weighted by Crippen LogP contribution is -2.58. The Morgan fingerprint density at radius 3 is 2.47 bits per heavy atom. The van der Waals surface area contributed by atoms with Gasteiger partial charge in [0.15, 0.2) is 12.1 Å². The van der Waals surface area contributed by atoms with Gasteiger partial charge in [0.25, 0.3) is 0 Å². The van der Waals surface area contributed by atoms with Crippen molar-refractivity contribution in [1.82, 2.24) is 0 Å². The van der Waals surface area contributed by atoms with Gasteiger partial charge in [0.2, 0.25) is 0 Å². The smallest absolute Gasteiger partial charge is 0.171 e. The lowest BCUT2D eigenvalue weighted by molar-refractivity contribution is -0.322. The largest absolute Gasteiger partial charge is 0.388 e. The van der Waals surface area contributed by atoms with Crippen LogP contribution < -0.4 is 5.32 Å². The van der Waals surface area contributed by atoms with E-state index in [1.165, 1.54) is 16.7 Å². The molecule has 2 saturated heterocycles. The fourth-order valence-corrected chi connectivity index (χ4v) is 9.99. The lowest BCUT2D eigenvalue weighted by atomic mass is 9.49. The van der Waals surface area contributed by atoms with Crippen LogP contribution in [0.15, 0.2) is 47.6 Å². The van der Waals surface area contributed by atoms with E-state index in [1.54, 1.807) is 0 Å². The molecule has 1 spiro atoms. The van der Waals surface area contributed by atoms with Crippen molar-refractivity contribution < 1.29 is 29.2 Å². The Balaban J connectivity index is 1.20. The van der Waals surface area contributed by atoms with Gasteiger partial charge in [-0.25, -0.2) is 0 Å². The summed E-state index contributed by atoms with van der Waals surface area (Å²) in [5.41, 5.74) is 2.91. The minimum atomic E-state index is -0.921. The van der Waals surface area contributed by atoms with Gasteiger partial charge >= 0.3 is 0 Å². The molecule has 7 rings (SSSR count). The number of hydrogen-bond donors (Lipinski definition) is 3. The predicted molar refractivity (Wildman–Crippen MR) is 175 cm³/mol. The predicted octanol–water partition coefficient (Wildman–Crippen LogP) is 6.85. The van der Waals surface area contributed by atoms with Crippen molar-refractivity contribution in [2.75, 3.05) is 38.8 Å². The van der Waals surface area contributed by atoms with Gasteiger partial charge in [0, 0.05) is 48.9 Å². The Hall–Kier alpha value is -1.74. The topological polar surface area (TPSA) is 89.4 Å². The third-order valence-electron chi connectivity index (χ3n) is 12.6. The van der Waals surface area contributed by atoms with Crippen LogP contribution in [0.2, 0.25) is 0 Å². The molecule has 3 saturated carbocycles. The van der Waals surface area contributed by atoms with E-state index in [9.17, 15) is 10.2 Å². The van der Waals surface area contributed by atoms with Gasteiger partial charge in [-0.1, -0.05) is 50.6 Å². The summed E-state index contributed by atoms with van der Waals surface area (Å²) in [6.07, 6.45) is 13.4. The van der Waals surface area contributed by atoms with Crippen LogP contribution in [-0.4, -0.2) is 67.0 Å². The maximum Gasteiger partial charge on any atom is 0.171 e. The summed E-state index contributed by atoms with van der Waals surface area (Å²) < 4.78 is 24.6. The van der Waals surface area contributed by atoms with Crippen molar-refractivity contribution >= 4 is 5.69 Å². The molecule has 248 valence electrons. The molecule has 1 aromatic carbocycles. The Morgan fingerprint density at radius 2 is 1.76 bits per heavy atom. The highest BCUT2D eigenvalue weighted by Crippen LogP contribution is 2.68. The fourth-order valence-electron chi connectivity index (χ4n) is 9.99. The monoisotopic (exact) mass is 621 g/mol. The molecular formula is C38H55NO6. The van der Waals surface area contributed by atoms with Crippen molar-refractivity contribution in [3.05, 3.63) is 53.1 Å². The normalized spacial score (nSPS) is 40.7. The standard InChI is InChI=1S/C38H55NO6/c1-34(2)24-44-38(45-25-34)19-15-31-33-28(13-17-36(31,40)23-38)30-14-18-37(41,16-7-21-43-32-8-5-6-20-42-32)35(30,3)22-29(33)26-9-11-27(39-4)12-10-26/h7,9-12,16,28-30,32,39-41H,5-6,8,13-15,17-25H2,1-4H3/b16-7-/t28-,29+,30-,32?,35-,36+,37-/m0/s1. The number of fused-ring (bicyclic) bond motifs is 4. The first-order valence-electron chi connectivity index (χ1n) is 17.6. The van der Waals surface area contributed by atoms with Crippen molar-refractivity contribution in [2.24, 2.45) is 22.7 Å². The van der Waals surface area contributed by atoms with Gasteiger partial charge in [-0.15, -0.1) is 0 Å². The van der Waals surface area contributed by atoms with E-state index in [2.05, 4.69) is 56.4 Å². The fraction of sp³-hybridized carbons (Fsp3) is 0.737. The van der Waals surface area contributed by atoms with E-state index >= 15 is 0 Å². The summed E-state index contributed by atoms with van der Waals surface area (Å²) in [4.78, 5) is 0. The molecule has 0 amide bonds. The van der Waals surface area contributed by atoms with Gasteiger partial charge < -0.3 is 34.5 Å². The van der Waals surface area contributed by atoms with Crippen molar-refractivity contribution in [2.45, 2.75) is 121 Å². The first kappa shape index (κ1) is 31.8. The molecule has 5 fully saturated rings. The molecule has 0 bridgehead atoms. The molecule has 7 atom stereocenters. The summed E-state index contributed by atoms with van der Waals surface area (Å²) in [5, 5.41) is 28.2. The van der Waals surface area contributed by atoms with Gasteiger partial charge in [0.1, 0.15) is 0 Å². The molecule has 0 radical (unpaired) electrons. The first-order valence-corrected chi connectivity index (χ1v) is 17.6. The Morgan fingerprint density at radius 1 is 0.978 bits per heavy atom. The van der Waals surface area contributed by atoms with Crippen molar-refractivity contribution in [3.8, 4) is 0 Å². The summed E-state index contributed by atoms with van der Waals surface area (Å²) in [7, 11) is 1.95. The van der Waals surface area contributed by atoms with E-state index in [-0.39, 0.29) is 23.0 Å². The van der Waals surface area contributed by atoms with Crippen LogP contribution in [0.1, 0.15) is 103 Å². The first-order chi connectivity index (χ1) is 21.5. The summed E-state index contributed by atoms with van der Waals surface area (Å²) in [6.45, 7) is 9.22. The molecule has 6 aliphatic rings. The number of ether oxygens (including phenoxy) is 4. The number of rotatable bonds is 6. The molecule has 7 heteroatoms. The molecule has 45 heavy (non-hydrogen) atoms. The van der Waals surface area contributed by atoms with Gasteiger partial charge in [-0.3, -0.25) is 0 Å². The van der Waals surface area contributed by atoms with Crippen LogP contribution in [0.25, 0.3) is 0 Å². The van der Waals surface area contributed by atoms with E-state index < -0.39 is 17.0 Å². The minimum absolute atomic E-state index is 0.00775. The molecular weight excluding hydrogens is 566 g/mol. The quantitative estimate of drug-likeness (QED) is 0.299. The highest BCUT2D eigenvalue weighted by molar-refractivity contribution is 5.49. The SMILES string of the molecule is CNc1ccc([C@H]2C[C@@]3(C)[C@@H](CC[C@@]3(O)/C=C\COC3CCCCO3)[C@@H]3CC[C@@]4(O)CC5(CCC4=C32)OCC(C)(C)CO5)cc1. The van der Waals surface area contributed by atoms with E-state index in [1.807, 2.05) is 13.1 Å². The zero-order valence-electron chi connectivity index (χ0n) is 27.9. The van der Waals surface area contributed by atoms with Crippen LogP contribution in [-0.2, 0) is 18.9 Å². The summed E-state index contributed by atoms with van der Waals surface area (Å²) in [5.74, 6) is 0.129. The highest BCUT2D eigenvalue weighted by Gasteiger charge is 2.64. The Labute approximate surface area is 269 Å². The molecule has 4 aliphatic carbocycles. The van der Waals surface area contributed by atoms with Gasteiger partial charge in [-0.2, -0.15) is 0 Å². The third kappa shape index (κ3) is 5.63. The van der Waals surface area contributed by atoms with E-state index in [0.29, 0.717) is 38.1 Å². The number of allylic oxidation sites excluding steroid dienone is 1. The van der Waals surface area contributed by atoms with Gasteiger partial charge in [0.05, 0.1) is 31.0 Å². The maximum atomic E-state index is 12.5. The highest BCUT2D eigenvalue weighted by atomic mass is 16.7. The number of nitrogens with one attached hydrogen (secondary N) is 1. The summed E-state index contributed by atoms with van der Waals surface area (Å²) in [6, 6.07) is 8.82. The minimum Gasteiger partial charge on any atom is -0.388 e. The second kappa shape index (κ2) is 11.7. The zero-order chi connectivity index (χ0) is 31.5. The Bertz CT molecular complexity index is 1290. The molecule has 7 nitrogen and oxygen atoms in total. The van der Waals surface area contributed by atoms with Crippen molar-refractivity contribution in [1.29, 1.82) is 0 Å². The zero-order valence-corrected chi connectivity index (χ0v) is 27.9. The van der Waals surface area contributed by atoms with E-state index in [0.717, 1.165) is 76.5 Å². The lowest BCUT2D eigenvalue weighted by Gasteiger charge is -2.58. The second-order valence-electron chi connectivity index (χ2n) is 16.1. The van der Waals surface area contributed by atoms with Crippen molar-refractivity contribution in [3.63, 3.8) is 0 Å². The Kier molecular flexibility index (Phi) is 8.31. The summed E-state index contributed by atoms with van der Waals surface area (Å²) >= 11 is 0. The second-order valence-corrected chi connectivity index (χ2v) is 16.1. The van der Waals surface area contributed by atoms with Crippen LogP contribution >= 0.6 is 0 Å². The molecule has 1 aromatic rings. The molecule has 1 unspecified atom stereocenters. The number of benzene rings is 1.